The number of thiocarbonyl (C=S) groups is 1. The van der Waals surface area contributed by atoms with Gasteiger partial charge in [0.2, 0.25) is 0 Å². The molecule has 3 fully saturated rings. The minimum absolute atomic E-state index is 0.159. The molecule has 27 heavy (non-hydrogen) atoms. The number of hydrogen-bond donors (Lipinski definition) is 2. The van der Waals surface area contributed by atoms with Gasteiger partial charge in [-0.3, -0.25) is 10.1 Å². The van der Waals surface area contributed by atoms with E-state index in [0.717, 1.165) is 67.9 Å². The molecule has 7 nitrogen and oxygen atoms in total. The molecule has 1 saturated carbocycles. The molecule has 3 aliphatic rings. The summed E-state index contributed by atoms with van der Waals surface area (Å²) in [5.74, 6) is 0. The van der Waals surface area contributed by atoms with Crippen LogP contribution in [-0.2, 0) is 4.74 Å². The Labute approximate surface area is 171 Å². The highest BCUT2D eigenvalue weighted by atomic mass is 32.2. The van der Waals surface area contributed by atoms with Gasteiger partial charge in [0.05, 0.1) is 18.0 Å². The average Bonchev–Trinajstić information content (AvgIpc) is 2.88. The number of thioether (sulfide) groups is 1. The molecule has 0 aromatic heterocycles. The van der Waals surface area contributed by atoms with E-state index in [0.29, 0.717) is 6.54 Å². The Morgan fingerprint density at radius 3 is 2.63 bits per heavy atom. The van der Waals surface area contributed by atoms with E-state index in [2.05, 4.69) is 10.2 Å². The predicted octanol–water partition coefficient (Wildman–Crippen LogP) is 2.49. The first-order valence-corrected chi connectivity index (χ1v) is 11.2. The third kappa shape index (κ3) is 5.26. The van der Waals surface area contributed by atoms with Crippen molar-refractivity contribution in [2.24, 2.45) is 0 Å². The molecular weight excluding hydrogens is 384 g/mol. The molecule has 0 spiro atoms. The normalized spacial score (nSPS) is 27.0. The van der Waals surface area contributed by atoms with Crippen LogP contribution in [0.4, 0.5) is 4.79 Å². The van der Waals surface area contributed by atoms with Crippen LogP contribution >= 0.6 is 24.0 Å². The Morgan fingerprint density at radius 2 is 1.96 bits per heavy atom. The highest BCUT2D eigenvalue weighted by molar-refractivity contribution is 8.24. The van der Waals surface area contributed by atoms with Crippen LogP contribution in [0.2, 0.25) is 0 Å². The number of urea groups is 1. The summed E-state index contributed by atoms with van der Waals surface area (Å²) in [7, 11) is 0. The number of hydrogen-bond acceptors (Lipinski definition) is 6. The van der Waals surface area contributed by atoms with Crippen molar-refractivity contribution in [2.45, 2.75) is 62.9 Å². The molecule has 2 aliphatic heterocycles. The zero-order chi connectivity index (χ0) is 19.4. The maximum absolute atomic E-state index is 12.7. The third-order valence-corrected chi connectivity index (χ3v) is 7.27. The van der Waals surface area contributed by atoms with Gasteiger partial charge in [-0.1, -0.05) is 43.2 Å². The second kappa shape index (κ2) is 9.26. The summed E-state index contributed by atoms with van der Waals surface area (Å²) in [6.45, 7) is 8.91. The number of morpholine rings is 1. The fourth-order valence-corrected chi connectivity index (χ4v) is 6.05. The molecule has 3 rings (SSSR count). The number of rotatable bonds is 5. The van der Waals surface area contributed by atoms with Crippen molar-refractivity contribution in [3.63, 3.8) is 0 Å². The number of ether oxygens (including phenoxy) is 1. The van der Waals surface area contributed by atoms with Gasteiger partial charge >= 0.3 is 6.03 Å². The molecule has 2 N–H and O–H groups in total. The molecule has 1 atom stereocenters. The number of carbonyl (C=O) groups excluding carboxylic acids is 1. The number of hydroxylamine groups is 2. The molecule has 154 valence electrons. The quantitative estimate of drug-likeness (QED) is 0.405. The average molecular weight is 417 g/mol. The van der Waals surface area contributed by atoms with Gasteiger partial charge in [0.1, 0.15) is 10.5 Å². The highest BCUT2D eigenvalue weighted by Crippen LogP contribution is 2.42. The predicted molar refractivity (Wildman–Crippen MR) is 111 cm³/mol. The monoisotopic (exact) mass is 416 g/mol. The van der Waals surface area contributed by atoms with E-state index in [-0.39, 0.29) is 10.8 Å². The Hall–Kier alpha value is -0.610. The largest absolute Gasteiger partial charge is 0.379 e. The Balaban J connectivity index is 1.62. The van der Waals surface area contributed by atoms with Crippen molar-refractivity contribution < 1.29 is 14.7 Å². The van der Waals surface area contributed by atoms with E-state index in [9.17, 15) is 10.0 Å². The Bertz CT molecular complexity index is 537. The van der Waals surface area contributed by atoms with E-state index >= 15 is 0 Å². The summed E-state index contributed by atoms with van der Waals surface area (Å²) in [6.07, 6.45) is 5.00. The molecule has 0 radical (unpaired) electrons. The van der Waals surface area contributed by atoms with Crippen LogP contribution in [0.3, 0.4) is 0 Å². The second-order valence-electron chi connectivity index (χ2n) is 8.12. The van der Waals surface area contributed by atoms with Crippen molar-refractivity contribution >= 4 is 34.3 Å². The van der Waals surface area contributed by atoms with Crippen LogP contribution in [0.15, 0.2) is 0 Å². The molecular formula is C18H32N4O3S2. The molecule has 9 heteroatoms. The third-order valence-electron chi connectivity index (χ3n) is 5.64. The van der Waals surface area contributed by atoms with Gasteiger partial charge in [0, 0.05) is 32.2 Å². The van der Waals surface area contributed by atoms with Gasteiger partial charge in [-0.15, -0.1) is 0 Å². The SMILES string of the molecule is CC1(C)SC(=S)N(CCN2CCOCC2)C1N(O)C(=O)NC1CCCCC1. The molecule has 0 aromatic carbocycles. The Kier molecular flexibility index (Phi) is 7.24. The first-order chi connectivity index (χ1) is 12.9. The molecule has 1 aliphatic carbocycles. The first kappa shape index (κ1) is 21.1. The zero-order valence-electron chi connectivity index (χ0n) is 16.4. The minimum Gasteiger partial charge on any atom is -0.379 e. The Morgan fingerprint density at radius 1 is 1.30 bits per heavy atom. The van der Waals surface area contributed by atoms with E-state index < -0.39 is 12.2 Å². The molecule has 2 amide bonds. The van der Waals surface area contributed by atoms with Gasteiger partial charge in [-0.05, 0) is 26.7 Å². The summed E-state index contributed by atoms with van der Waals surface area (Å²) < 4.78 is 5.77. The van der Waals surface area contributed by atoms with Crippen molar-refractivity contribution in [3.8, 4) is 0 Å². The molecule has 0 aromatic rings. The van der Waals surface area contributed by atoms with Crippen LogP contribution < -0.4 is 5.32 Å². The van der Waals surface area contributed by atoms with E-state index in [1.54, 1.807) is 11.8 Å². The minimum atomic E-state index is -0.473. The first-order valence-electron chi connectivity index (χ1n) is 9.97. The van der Waals surface area contributed by atoms with Crippen molar-refractivity contribution in [1.82, 2.24) is 20.2 Å². The lowest BCUT2D eigenvalue weighted by molar-refractivity contribution is -0.120. The lowest BCUT2D eigenvalue weighted by Crippen LogP contribution is -2.59. The standard InChI is InChI=1S/C18H32N4O3S2/c1-18(2)15(22(24)16(23)19-14-6-4-3-5-7-14)21(17(26)27-18)9-8-20-10-12-25-13-11-20/h14-15,24H,3-13H2,1-2H3,(H,19,23). The number of nitrogens with zero attached hydrogens (tertiary/aromatic N) is 3. The lowest BCUT2D eigenvalue weighted by Gasteiger charge is -2.38. The smallest absolute Gasteiger partial charge is 0.343 e. The van der Waals surface area contributed by atoms with Gasteiger partial charge in [-0.2, -0.15) is 5.06 Å². The fourth-order valence-electron chi connectivity index (χ4n) is 4.12. The number of amides is 2. The van der Waals surface area contributed by atoms with Crippen molar-refractivity contribution in [1.29, 1.82) is 0 Å². The number of carbonyl (C=O) groups is 1. The van der Waals surface area contributed by atoms with Gasteiger partial charge in [0.15, 0.2) is 0 Å². The summed E-state index contributed by atoms with van der Waals surface area (Å²) >= 11 is 7.13. The summed E-state index contributed by atoms with van der Waals surface area (Å²) in [6, 6.07) is -0.256. The van der Waals surface area contributed by atoms with Crippen LogP contribution in [0, 0.1) is 0 Å². The zero-order valence-corrected chi connectivity index (χ0v) is 18.0. The molecule has 1 unspecified atom stereocenters. The maximum Gasteiger partial charge on any atom is 0.343 e. The van der Waals surface area contributed by atoms with Crippen molar-refractivity contribution in [2.75, 3.05) is 39.4 Å². The lowest BCUT2D eigenvalue weighted by atomic mass is 9.96. The molecule has 0 bridgehead atoms. The maximum atomic E-state index is 12.7. The fraction of sp³-hybridized carbons (Fsp3) is 0.889. The van der Waals surface area contributed by atoms with Crippen LogP contribution in [0.5, 0.6) is 0 Å². The van der Waals surface area contributed by atoms with Crippen LogP contribution in [0.1, 0.15) is 46.0 Å². The van der Waals surface area contributed by atoms with Gasteiger partial charge in [0.25, 0.3) is 0 Å². The van der Waals surface area contributed by atoms with Crippen molar-refractivity contribution in [3.05, 3.63) is 0 Å². The summed E-state index contributed by atoms with van der Waals surface area (Å²) in [5.41, 5.74) is 0. The highest BCUT2D eigenvalue weighted by Gasteiger charge is 2.49. The second-order valence-corrected chi connectivity index (χ2v) is 10.4. The topological polar surface area (TPSA) is 68.3 Å². The summed E-state index contributed by atoms with van der Waals surface area (Å²) in [4.78, 5) is 17.0. The summed E-state index contributed by atoms with van der Waals surface area (Å²) in [5, 5.41) is 14.7. The van der Waals surface area contributed by atoms with E-state index in [1.807, 2.05) is 18.7 Å². The van der Waals surface area contributed by atoms with Crippen LogP contribution in [0.25, 0.3) is 0 Å². The molecule has 2 heterocycles. The van der Waals surface area contributed by atoms with Gasteiger partial charge < -0.3 is 15.0 Å². The molecule has 2 saturated heterocycles. The van der Waals surface area contributed by atoms with E-state index in [4.69, 9.17) is 17.0 Å². The van der Waals surface area contributed by atoms with Crippen LogP contribution in [-0.4, -0.2) is 86.8 Å². The van der Waals surface area contributed by atoms with E-state index in [1.165, 1.54) is 6.42 Å². The van der Waals surface area contributed by atoms with Gasteiger partial charge in [-0.25, -0.2) is 4.79 Å². The number of nitrogens with one attached hydrogen (secondary N) is 1.